The van der Waals surface area contributed by atoms with Crippen LogP contribution in [-0.2, 0) is 15.6 Å². The Morgan fingerprint density at radius 3 is 2.36 bits per heavy atom. The smallest absolute Gasteiger partial charge is 0.240 e. The summed E-state index contributed by atoms with van der Waals surface area (Å²) in [5, 5.41) is 8.15. The molecule has 0 spiro atoms. The Kier molecular flexibility index (Phi) is 7.51. The second kappa shape index (κ2) is 10.6. The molecular formula is C27H30FN5O2S. The number of hydrogen-bond donors (Lipinski definition) is 2. The van der Waals surface area contributed by atoms with Crippen LogP contribution in [0.3, 0.4) is 0 Å². The molecule has 0 saturated carbocycles. The predicted molar refractivity (Wildman–Crippen MR) is 141 cm³/mol. The summed E-state index contributed by atoms with van der Waals surface area (Å²) in [6, 6.07) is 18.8. The van der Waals surface area contributed by atoms with E-state index in [9.17, 15) is 12.8 Å². The molecule has 2 N–H and O–H groups in total. The molecule has 4 aromatic rings. The molecule has 2 aromatic carbocycles. The van der Waals surface area contributed by atoms with Crippen molar-refractivity contribution in [1.82, 2.24) is 19.5 Å². The van der Waals surface area contributed by atoms with Gasteiger partial charge in [0.1, 0.15) is 17.3 Å². The maximum atomic E-state index is 13.1. The van der Waals surface area contributed by atoms with Gasteiger partial charge in [-0.1, -0.05) is 30.3 Å². The molecule has 4 rings (SSSR count). The molecule has 2 heterocycles. The normalized spacial score (nSPS) is 12.0. The maximum absolute atomic E-state index is 13.1. The summed E-state index contributed by atoms with van der Waals surface area (Å²) in [7, 11) is -3.68. The summed E-state index contributed by atoms with van der Waals surface area (Å²) < 4.78 is 42.2. The van der Waals surface area contributed by atoms with Crippen molar-refractivity contribution in [3.05, 3.63) is 84.9 Å². The van der Waals surface area contributed by atoms with Crippen LogP contribution in [0.1, 0.15) is 27.2 Å². The quantitative estimate of drug-likeness (QED) is 0.301. The first kappa shape index (κ1) is 25.5. The third-order valence-electron chi connectivity index (χ3n) is 5.60. The van der Waals surface area contributed by atoms with Crippen molar-refractivity contribution >= 4 is 15.8 Å². The molecule has 0 fully saturated rings. The number of nitrogens with one attached hydrogen (secondary N) is 2. The summed E-state index contributed by atoms with van der Waals surface area (Å²) >= 11 is 0. The van der Waals surface area contributed by atoms with Gasteiger partial charge in [0.15, 0.2) is 0 Å². The Balaban J connectivity index is 1.43. The minimum absolute atomic E-state index is 0.0382. The number of halogens is 1. The molecule has 0 saturated heterocycles. The Labute approximate surface area is 211 Å². The van der Waals surface area contributed by atoms with Gasteiger partial charge < -0.3 is 5.32 Å². The highest BCUT2D eigenvalue weighted by atomic mass is 32.2. The first-order valence-electron chi connectivity index (χ1n) is 11.7. The fourth-order valence-electron chi connectivity index (χ4n) is 3.64. The average molecular weight is 508 g/mol. The number of hydrogen-bond acceptors (Lipinski definition) is 5. The Morgan fingerprint density at radius 2 is 1.67 bits per heavy atom. The molecular weight excluding hydrogens is 477 g/mol. The van der Waals surface area contributed by atoms with Crippen LogP contribution in [0, 0.1) is 5.82 Å². The fraction of sp³-hybridized carbons (Fsp3) is 0.259. The molecule has 0 aliphatic rings. The van der Waals surface area contributed by atoms with Crippen LogP contribution in [0.25, 0.3) is 22.4 Å². The average Bonchev–Trinajstić information content (AvgIpc) is 3.31. The third kappa shape index (κ3) is 6.16. The molecule has 188 valence electrons. The fourth-order valence-corrected chi connectivity index (χ4v) is 4.72. The summed E-state index contributed by atoms with van der Waals surface area (Å²) in [6.07, 6.45) is 4.35. The second-order valence-corrected chi connectivity index (χ2v) is 11.2. The van der Waals surface area contributed by atoms with Gasteiger partial charge in [0.2, 0.25) is 10.0 Å². The highest BCUT2D eigenvalue weighted by molar-refractivity contribution is 7.89. The van der Waals surface area contributed by atoms with Gasteiger partial charge in [-0.3, -0.25) is 4.68 Å². The van der Waals surface area contributed by atoms with E-state index in [2.05, 4.69) is 42.0 Å². The van der Waals surface area contributed by atoms with Crippen molar-refractivity contribution in [3.8, 4) is 22.4 Å². The van der Waals surface area contributed by atoms with Gasteiger partial charge in [0.25, 0.3) is 0 Å². The monoisotopic (exact) mass is 507 g/mol. The molecule has 0 bridgehead atoms. The van der Waals surface area contributed by atoms with Gasteiger partial charge in [-0.2, -0.15) is 5.10 Å². The van der Waals surface area contributed by atoms with E-state index in [1.807, 2.05) is 47.1 Å². The van der Waals surface area contributed by atoms with Crippen LogP contribution in [0.4, 0.5) is 10.2 Å². The van der Waals surface area contributed by atoms with Gasteiger partial charge in [-0.15, -0.1) is 0 Å². The number of sulfonamides is 1. The summed E-state index contributed by atoms with van der Waals surface area (Å²) in [6.45, 7) is 7.10. The van der Waals surface area contributed by atoms with Crippen molar-refractivity contribution in [2.24, 2.45) is 0 Å². The molecule has 0 unspecified atom stereocenters. The van der Waals surface area contributed by atoms with E-state index in [0.29, 0.717) is 18.8 Å². The molecule has 0 radical (unpaired) electrons. The van der Waals surface area contributed by atoms with Gasteiger partial charge in [0.05, 0.1) is 10.4 Å². The standard InChI is InChI=1S/C27H30FN5O2S/c1-27(2,3)33-19-24(26(32-33)20-8-5-4-6-9-20)21-14-17-30-25(18-21)29-15-7-16-31-36(34,35)23-12-10-22(28)11-13-23/h4-6,8-14,17-19,31H,7,15-16H2,1-3H3,(H,29,30). The molecule has 2 aromatic heterocycles. The van der Waals surface area contributed by atoms with E-state index in [0.717, 1.165) is 34.5 Å². The van der Waals surface area contributed by atoms with Crippen molar-refractivity contribution in [2.45, 2.75) is 37.6 Å². The largest absolute Gasteiger partial charge is 0.370 e. The van der Waals surface area contributed by atoms with Crippen molar-refractivity contribution in [1.29, 1.82) is 0 Å². The number of nitrogens with zero attached hydrogens (tertiary/aromatic N) is 3. The van der Waals surface area contributed by atoms with Gasteiger partial charge in [-0.05, 0) is 69.2 Å². The Hall–Kier alpha value is -3.56. The van der Waals surface area contributed by atoms with Crippen LogP contribution in [0.5, 0.6) is 0 Å². The highest BCUT2D eigenvalue weighted by Gasteiger charge is 2.20. The number of benzene rings is 2. The second-order valence-electron chi connectivity index (χ2n) is 9.43. The van der Waals surface area contributed by atoms with Crippen LogP contribution < -0.4 is 10.0 Å². The van der Waals surface area contributed by atoms with Crippen LogP contribution >= 0.6 is 0 Å². The lowest BCUT2D eigenvalue weighted by atomic mass is 10.0. The topological polar surface area (TPSA) is 88.9 Å². The van der Waals surface area contributed by atoms with E-state index in [1.165, 1.54) is 12.1 Å². The Morgan fingerprint density at radius 1 is 0.944 bits per heavy atom. The molecule has 9 heteroatoms. The van der Waals surface area contributed by atoms with Crippen LogP contribution in [0.2, 0.25) is 0 Å². The first-order valence-corrected chi connectivity index (χ1v) is 13.2. The van der Waals surface area contributed by atoms with Gasteiger partial charge in [-0.25, -0.2) is 22.5 Å². The summed E-state index contributed by atoms with van der Waals surface area (Å²) in [5.41, 5.74) is 3.76. The van der Waals surface area contributed by atoms with Gasteiger partial charge >= 0.3 is 0 Å². The van der Waals surface area contributed by atoms with Crippen LogP contribution in [-0.4, -0.2) is 36.3 Å². The number of rotatable bonds is 9. The van der Waals surface area contributed by atoms with Crippen molar-refractivity contribution in [3.63, 3.8) is 0 Å². The number of aromatic nitrogens is 3. The van der Waals surface area contributed by atoms with Crippen molar-refractivity contribution in [2.75, 3.05) is 18.4 Å². The molecule has 0 atom stereocenters. The van der Waals surface area contributed by atoms with E-state index in [-0.39, 0.29) is 17.0 Å². The highest BCUT2D eigenvalue weighted by Crippen LogP contribution is 2.33. The van der Waals surface area contributed by atoms with E-state index >= 15 is 0 Å². The van der Waals surface area contributed by atoms with Crippen LogP contribution in [0.15, 0.2) is 84.0 Å². The van der Waals surface area contributed by atoms with E-state index < -0.39 is 15.8 Å². The van der Waals surface area contributed by atoms with Crippen molar-refractivity contribution < 1.29 is 12.8 Å². The predicted octanol–water partition coefficient (Wildman–Crippen LogP) is 5.29. The molecule has 7 nitrogen and oxygen atoms in total. The zero-order chi connectivity index (χ0) is 25.8. The lowest BCUT2D eigenvalue weighted by Crippen LogP contribution is -2.26. The summed E-state index contributed by atoms with van der Waals surface area (Å²) in [5.74, 6) is 0.214. The van der Waals surface area contributed by atoms with Gasteiger partial charge in [0, 0.05) is 36.6 Å². The Bertz CT molecular complexity index is 1410. The molecule has 36 heavy (non-hydrogen) atoms. The minimum Gasteiger partial charge on any atom is -0.370 e. The lowest BCUT2D eigenvalue weighted by Gasteiger charge is -2.18. The molecule has 0 aliphatic carbocycles. The maximum Gasteiger partial charge on any atom is 0.240 e. The minimum atomic E-state index is -3.68. The molecule has 0 amide bonds. The SMILES string of the molecule is CC(C)(C)n1cc(-c2ccnc(NCCCNS(=O)(=O)c3ccc(F)cc3)c2)c(-c2ccccc2)n1. The van der Waals surface area contributed by atoms with E-state index in [4.69, 9.17) is 5.10 Å². The first-order chi connectivity index (χ1) is 17.1. The van der Waals surface area contributed by atoms with E-state index in [1.54, 1.807) is 6.20 Å². The zero-order valence-electron chi connectivity index (χ0n) is 20.6. The number of pyridine rings is 1. The summed E-state index contributed by atoms with van der Waals surface area (Å²) in [4.78, 5) is 4.45. The lowest BCUT2D eigenvalue weighted by molar-refractivity contribution is 0.356. The number of anilines is 1. The third-order valence-corrected chi connectivity index (χ3v) is 7.07. The molecule has 0 aliphatic heterocycles. The zero-order valence-corrected chi connectivity index (χ0v) is 21.4.